The summed E-state index contributed by atoms with van der Waals surface area (Å²) in [5.74, 6) is 0. The van der Waals surface area contributed by atoms with Crippen molar-refractivity contribution in [1.29, 1.82) is 0 Å². The first-order chi connectivity index (χ1) is 8.90. The van der Waals surface area contributed by atoms with Crippen LogP contribution in [0.3, 0.4) is 0 Å². The average Bonchev–Trinajstić information content (AvgIpc) is 2.34. The maximum atomic E-state index is 11.2. The van der Waals surface area contributed by atoms with Crippen molar-refractivity contribution in [2.75, 3.05) is 5.73 Å². The van der Waals surface area contributed by atoms with E-state index in [4.69, 9.17) is 5.73 Å². The van der Waals surface area contributed by atoms with Gasteiger partial charge in [-0.3, -0.25) is 0 Å². The third-order valence-corrected chi connectivity index (χ3v) is 4.03. The van der Waals surface area contributed by atoms with E-state index in [1.54, 1.807) is 0 Å². The van der Waals surface area contributed by atoms with Crippen LogP contribution >= 0.6 is 0 Å². The van der Waals surface area contributed by atoms with Crippen molar-refractivity contribution in [1.82, 2.24) is 0 Å². The molecule has 1 rings (SSSR count). The van der Waals surface area contributed by atoms with Crippen LogP contribution in [0, 0.1) is 0 Å². The van der Waals surface area contributed by atoms with Crippen LogP contribution in [0.2, 0.25) is 0 Å². The monoisotopic (exact) mass is 307 g/mol. The summed E-state index contributed by atoms with van der Waals surface area (Å²) in [6, 6.07) is 2.87. The van der Waals surface area contributed by atoms with Gasteiger partial charge in [-0.1, -0.05) is 26.7 Å². The van der Waals surface area contributed by atoms with Gasteiger partial charge in [0.15, 0.2) is 0 Å². The van der Waals surface area contributed by atoms with Gasteiger partial charge in [0.2, 0.25) is 0 Å². The van der Waals surface area contributed by atoms with Crippen molar-refractivity contribution in [3.63, 3.8) is 0 Å². The molecule has 4 nitrogen and oxygen atoms in total. The first kappa shape index (κ1) is 19.9. The van der Waals surface area contributed by atoms with E-state index in [-0.39, 0.29) is 34.5 Å². The second-order valence-electron chi connectivity index (χ2n) is 4.82. The van der Waals surface area contributed by atoms with Crippen molar-refractivity contribution in [2.24, 2.45) is 0 Å². The number of aryl methyl sites for hydroxylation is 2. The Bertz CT molecular complexity index is 500. The summed E-state index contributed by atoms with van der Waals surface area (Å²) in [5, 5.41) is 0. The van der Waals surface area contributed by atoms with E-state index in [9.17, 15) is 13.0 Å². The van der Waals surface area contributed by atoms with E-state index in [1.807, 2.05) is 0 Å². The minimum absolute atomic E-state index is 0. The SMILES string of the molecule is CCCCc1cc(S(=O)(=O)[O-])cc(CCCC)c1N.[Na+]. The number of rotatable bonds is 7. The van der Waals surface area contributed by atoms with Crippen LogP contribution in [-0.2, 0) is 23.0 Å². The molecule has 0 amide bonds. The summed E-state index contributed by atoms with van der Waals surface area (Å²) >= 11 is 0. The molecule has 0 fully saturated rings. The molecule has 0 saturated carbocycles. The van der Waals surface area contributed by atoms with Crippen molar-refractivity contribution in [3.05, 3.63) is 23.3 Å². The van der Waals surface area contributed by atoms with Gasteiger partial charge in [-0.05, 0) is 48.9 Å². The number of nitrogens with two attached hydrogens (primary N) is 1. The largest absolute Gasteiger partial charge is 1.00 e. The molecule has 0 aliphatic heterocycles. The van der Waals surface area contributed by atoms with Gasteiger partial charge in [-0.2, -0.15) is 0 Å². The molecule has 0 aromatic heterocycles. The van der Waals surface area contributed by atoms with Crippen molar-refractivity contribution in [3.8, 4) is 0 Å². The molecule has 0 spiro atoms. The third kappa shape index (κ3) is 5.74. The van der Waals surface area contributed by atoms with Crippen LogP contribution in [0.5, 0.6) is 0 Å². The first-order valence-electron chi connectivity index (χ1n) is 6.77. The Labute approximate surface area is 144 Å². The van der Waals surface area contributed by atoms with E-state index < -0.39 is 10.1 Å². The summed E-state index contributed by atoms with van der Waals surface area (Å²) < 4.78 is 33.6. The molecule has 6 heteroatoms. The molecule has 0 saturated heterocycles. The molecule has 0 bridgehead atoms. The Morgan fingerprint density at radius 1 is 1.05 bits per heavy atom. The van der Waals surface area contributed by atoms with Gasteiger partial charge in [-0.25, -0.2) is 8.42 Å². The maximum Gasteiger partial charge on any atom is 1.00 e. The summed E-state index contributed by atoms with van der Waals surface area (Å²) in [6.45, 7) is 4.12. The van der Waals surface area contributed by atoms with Crippen LogP contribution in [-0.4, -0.2) is 13.0 Å². The Hall–Kier alpha value is -0.0700. The van der Waals surface area contributed by atoms with E-state index in [1.165, 1.54) is 12.1 Å². The van der Waals surface area contributed by atoms with Crippen LogP contribution < -0.4 is 35.3 Å². The van der Waals surface area contributed by atoms with Crippen molar-refractivity contribution in [2.45, 2.75) is 57.3 Å². The fraction of sp³-hybridized carbons (Fsp3) is 0.571. The Morgan fingerprint density at radius 3 is 1.75 bits per heavy atom. The van der Waals surface area contributed by atoms with Crippen LogP contribution in [0.25, 0.3) is 0 Å². The molecule has 1 aromatic rings. The zero-order valence-corrected chi connectivity index (χ0v) is 15.4. The number of nitrogen functional groups attached to an aromatic ring is 1. The predicted molar refractivity (Wildman–Crippen MR) is 76.0 cm³/mol. The van der Waals surface area contributed by atoms with Gasteiger partial charge in [0, 0.05) is 5.69 Å². The van der Waals surface area contributed by atoms with Gasteiger partial charge in [0.25, 0.3) is 0 Å². The topological polar surface area (TPSA) is 83.2 Å². The molecular weight excluding hydrogens is 285 g/mol. The third-order valence-electron chi connectivity index (χ3n) is 3.21. The summed E-state index contributed by atoms with van der Waals surface area (Å²) in [6.07, 6.45) is 5.28. The standard InChI is InChI=1S/C14H23NO3S.Na/c1-3-5-7-11-9-13(19(16,17)18)10-12(14(11)15)8-6-4-2;/h9-10H,3-8,15H2,1-2H3,(H,16,17,18);/q;+1/p-1. The molecule has 0 aliphatic rings. The molecule has 1 aromatic carbocycles. The molecule has 2 N–H and O–H groups in total. The Balaban J connectivity index is 0.00000361. The first-order valence-corrected chi connectivity index (χ1v) is 8.18. The summed E-state index contributed by atoms with van der Waals surface area (Å²) in [7, 11) is -4.42. The quantitative estimate of drug-likeness (QED) is 0.432. The van der Waals surface area contributed by atoms with Gasteiger partial charge in [0.1, 0.15) is 10.1 Å². The van der Waals surface area contributed by atoms with Gasteiger partial charge >= 0.3 is 29.6 Å². The van der Waals surface area contributed by atoms with Gasteiger partial charge in [-0.15, -0.1) is 0 Å². The number of unbranched alkanes of at least 4 members (excludes halogenated alkanes) is 2. The number of hydrogen-bond acceptors (Lipinski definition) is 4. The van der Waals surface area contributed by atoms with E-state index in [0.717, 1.165) is 36.8 Å². The Kier molecular flexibility index (Phi) is 9.02. The second kappa shape index (κ2) is 9.05. The van der Waals surface area contributed by atoms with Crippen LogP contribution in [0.4, 0.5) is 5.69 Å². The van der Waals surface area contributed by atoms with Crippen molar-refractivity contribution < 1.29 is 42.5 Å². The zero-order chi connectivity index (χ0) is 14.5. The normalized spacial score (nSPS) is 11.2. The summed E-state index contributed by atoms with van der Waals surface area (Å²) in [5.41, 5.74) is 8.29. The minimum Gasteiger partial charge on any atom is -0.744 e. The number of anilines is 1. The van der Waals surface area contributed by atoms with Crippen molar-refractivity contribution >= 4 is 15.8 Å². The smallest absolute Gasteiger partial charge is 0.744 e. The average molecular weight is 307 g/mol. The second-order valence-corrected chi connectivity index (χ2v) is 6.20. The maximum absolute atomic E-state index is 11.2. The van der Waals surface area contributed by atoms with Gasteiger partial charge in [0.05, 0.1) is 4.90 Å². The van der Waals surface area contributed by atoms with Gasteiger partial charge < -0.3 is 10.3 Å². The van der Waals surface area contributed by atoms with Crippen LogP contribution in [0.15, 0.2) is 17.0 Å². The molecule has 0 unspecified atom stereocenters. The fourth-order valence-electron chi connectivity index (χ4n) is 2.04. The van der Waals surface area contributed by atoms with E-state index in [2.05, 4.69) is 13.8 Å². The zero-order valence-electron chi connectivity index (χ0n) is 12.6. The molecule has 0 atom stereocenters. The fourth-order valence-corrected chi connectivity index (χ4v) is 2.61. The molecule has 0 heterocycles. The molecule has 0 radical (unpaired) electrons. The molecular formula is C14H22NNaO3S. The van der Waals surface area contributed by atoms with E-state index in [0.29, 0.717) is 18.5 Å². The number of hydrogen-bond donors (Lipinski definition) is 1. The molecule has 108 valence electrons. The minimum atomic E-state index is -4.42. The number of benzene rings is 1. The van der Waals surface area contributed by atoms with Crippen LogP contribution in [0.1, 0.15) is 50.7 Å². The summed E-state index contributed by atoms with van der Waals surface area (Å²) in [4.78, 5) is -0.154. The Morgan fingerprint density at radius 2 is 1.45 bits per heavy atom. The van der Waals surface area contributed by atoms with E-state index >= 15 is 0 Å². The molecule has 0 aliphatic carbocycles. The predicted octanol–water partition coefficient (Wildman–Crippen LogP) is -0.138. The molecule has 20 heavy (non-hydrogen) atoms.